The molecule has 4 aromatic carbocycles. The zero-order valence-electron chi connectivity index (χ0n) is 22.9. The van der Waals surface area contributed by atoms with Gasteiger partial charge in [0, 0.05) is 33.0 Å². The molecule has 204 valence electrons. The Morgan fingerprint density at radius 2 is 1.27 bits per heavy atom. The lowest BCUT2D eigenvalue weighted by molar-refractivity contribution is 0.0573. The van der Waals surface area contributed by atoms with Crippen molar-refractivity contribution in [1.82, 2.24) is 0 Å². The molecule has 1 aromatic heterocycles. The quantitative estimate of drug-likeness (QED) is 0.192. The Morgan fingerprint density at radius 3 is 1.80 bits per heavy atom. The smallest absolute Gasteiger partial charge is 0.387 e. The summed E-state index contributed by atoms with van der Waals surface area (Å²) < 4.78 is 35.2. The van der Waals surface area contributed by atoms with Crippen LogP contribution < -0.4 is 15.1 Å². The summed E-state index contributed by atoms with van der Waals surface area (Å²) in [6, 6.07) is 36.2. The topological polar surface area (TPSA) is 52.6 Å². The third-order valence-electron chi connectivity index (χ3n) is 9.83. The van der Waals surface area contributed by atoms with Crippen molar-refractivity contribution < 1.29 is 17.5 Å². The van der Waals surface area contributed by atoms with Crippen LogP contribution in [0, 0.1) is 16.7 Å². The van der Waals surface area contributed by atoms with E-state index in [-0.39, 0.29) is 16.9 Å². The highest BCUT2D eigenvalue weighted by molar-refractivity contribution is 7.78. The highest BCUT2D eigenvalue weighted by Gasteiger charge is 2.66. The van der Waals surface area contributed by atoms with Crippen molar-refractivity contribution in [2.24, 2.45) is 16.7 Å². The van der Waals surface area contributed by atoms with Gasteiger partial charge in [0.1, 0.15) is 18.3 Å². The summed E-state index contributed by atoms with van der Waals surface area (Å²) in [5.74, 6) is 0.499. The van der Waals surface area contributed by atoms with Crippen molar-refractivity contribution in [2.45, 2.75) is 39.2 Å². The predicted molar refractivity (Wildman–Crippen MR) is 165 cm³/mol. The fourth-order valence-electron chi connectivity index (χ4n) is 7.45. The molecular weight excluding hydrogens is 534 g/mol. The van der Waals surface area contributed by atoms with Gasteiger partial charge in [0.2, 0.25) is 0 Å². The molecule has 2 fully saturated rings. The lowest BCUT2D eigenvalue weighted by atomic mass is 9.70. The highest BCUT2D eigenvalue weighted by atomic mass is 31.2. The van der Waals surface area contributed by atoms with E-state index in [0.29, 0.717) is 12.1 Å². The largest absolute Gasteiger partial charge is 0.399 e. The third-order valence-corrected chi connectivity index (χ3v) is 14.2. The zero-order valence-corrected chi connectivity index (χ0v) is 24.7. The summed E-state index contributed by atoms with van der Waals surface area (Å²) in [6.45, 7) is 4.72. The van der Waals surface area contributed by atoms with E-state index in [2.05, 4.69) is 26.0 Å². The number of rotatable bonds is 6. The first kappa shape index (κ1) is 25.9. The molecule has 0 spiro atoms. The minimum Gasteiger partial charge on any atom is -0.399 e. The summed E-state index contributed by atoms with van der Waals surface area (Å²) in [4.78, 5) is 0. The monoisotopic (exact) mass is 568 g/mol. The molecular formula is C34H34O4P2. The molecule has 0 saturated heterocycles. The van der Waals surface area contributed by atoms with Gasteiger partial charge in [-0.3, -0.25) is 4.52 Å². The number of fused-ring (bicyclic) bond motifs is 5. The molecule has 2 bridgehead atoms. The van der Waals surface area contributed by atoms with Gasteiger partial charge < -0.3 is 13.0 Å². The molecule has 0 N–H and O–H groups in total. The molecule has 7 rings (SSSR count). The lowest BCUT2D eigenvalue weighted by Gasteiger charge is -2.44. The molecule has 40 heavy (non-hydrogen) atoms. The molecule has 2 saturated carbocycles. The van der Waals surface area contributed by atoms with Crippen LogP contribution in [0.2, 0.25) is 0 Å². The Labute approximate surface area is 236 Å². The first-order valence-corrected chi connectivity index (χ1v) is 17.1. The number of benzene rings is 4. The Kier molecular flexibility index (Phi) is 6.35. The van der Waals surface area contributed by atoms with Gasteiger partial charge in [-0.15, -0.1) is 0 Å². The fraction of sp³-hybridized carbons (Fsp3) is 0.294. The summed E-state index contributed by atoms with van der Waals surface area (Å²) in [5, 5.41) is 3.84. The molecule has 0 radical (unpaired) electrons. The van der Waals surface area contributed by atoms with E-state index in [0.717, 1.165) is 51.8 Å². The van der Waals surface area contributed by atoms with Crippen LogP contribution >= 0.6 is 15.4 Å². The summed E-state index contributed by atoms with van der Waals surface area (Å²) in [7, 11) is -4.68. The van der Waals surface area contributed by atoms with Crippen LogP contribution in [0.3, 0.4) is 0 Å². The standard InChI is InChI=1S/C34H34O4P2/c1-33(2)25-21-22-34(33,24-40(35,26-13-5-3-6-14-26)27-15-7-4-8-16-27)32(23-25)38-39-36-30-19-11-9-17-28(30)29-18-10-12-20-31(29)37-39/h3-20,25,32H,21-24H2,1-2H3/t25?,32-,34-/m1/s1. The molecule has 6 heteroatoms. The SMILES string of the molecule is CC1(C)C2CC[C@@]1(CP(=O)(c1ccccc1)c1ccccc1)[C@H](Op1oc3ccccc3c3ccccc3o1)C2. The van der Waals surface area contributed by atoms with Crippen LogP contribution in [-0.4, -0.2) is 12.3 Å². The fourth-order valence-corrected chi connectivity index (χ4v) is 12.2. The van der Waals surface area contributed by atoms with Crippen LogP contribution in [0.1, 0.15) is 33.1 Å². The maximum atomic E-state index is 15.4. The molecule has 5 aromatic rings. The van der Waals surface area contributed by atoms with Crippen LogP contribution in [0.15, 0.2) is 118 Å². The molecule has 2 aliphatic rings. The first-order valence-electron chi connectivity index (χ1n) is 14.1. The van der Waals surface area contributed by atoms with E-state index in [1.807, 2.05) is 97.1 Å². The van der Waals surface area contributed by atoms with E-state index in [1.54, 1.807) is 0 Å². The minimum atomic E-state index is -2.97. The van der Waals surface area contributed by atoms with Crippen molar-refractivity contribution >= 4 is 47.9 Å². The second kappa shape index (κ2) is 9.81. The zero-order chi connectivity index (χ0) is 27.4. The molecule has 1 unspecified atom stereocenters. The molecule has 1 heterocycles. The van der Waals surface area contributed by atoms with Crippen molar-refractivity contribution in [3.05, 3.63) is 109 Å². The first-order chi connectivity index (χ1) is 19.4. The second-order valence-corrected chi connectivity index (χ2v) is 15.8. The Balaban J connectivity index is 1.36. The van der Waals surface area contributed by atoms with Gasteiger partial charge in [-0.05, 0) is 42.7 Å². The van der Waals surface area contributed by atoms with Crippen molar-refractivity contribution in [1.29, 1.82) is 0 Å². The summed E-state index contributed by atoms with van der Waals surface area (Å²) >= 11 is 0. The minimum absolute atomic E-state index is 0.0338. The Morgan fingerprint density at radius 1 is 0.775 bits per heavy atom. The summed E-state index contributed by atoms with van der Waals surface area (Å²) in [5.41, 5.74) is 1.23. The molecule has 0 amide bonds. The molecule has 4 nitrogen and oxygen atoms in total. The second-order valence-electron chi connectivity index (χ2n) is 11.9. The Bertz CT molecular complexity index is 1660. The van der Waals surface area contributed by atoms with E-state index in [9.17, 15) is 0 Å². The van der Waals surface area contributed by atoms with Crippen molar-refractivity contribution in [3.8, 4) is 0 Å². The van der Waals surface area contributed by atoms with Gasteiger partial charge in [0.15, 0.2) is 0 Å². The van der Waals surface area contributed by atoms with Crippen LogP contribution in [0.4, 0.5) is 0 Å². The van der Waals surface area contributed by atoms with Gasteiger partial charge in [-0.25, -0.2) is 0 Å². The van der Waals surface area contributed by atoms with Gasteiger partial charge in [-0.1, -0.05) is 111 Å². The normalized spacial score (nSPS) is 23.6. The average Bonchev–Trinajstić information content (AvgIpc) is 3.25. The van der Waals surface area contributed by atoms with Crippen LogP contribution in [0.25, 0.3) is 21.9 Å². The van der Waals surface area contributed by atoms with Crippen molar-refractivity contribution in [2.75, 3.05) is 6.16 Å². The van der Waals surface area contributed by atoms with Gasteiger partial charge in [-0.2, -0.15) is 0 Å². The van der Waals surface area contributed by atoms with Crippen molar-refractivity contribution in [3.63, 3.8) is 0 Å². The van der Waals surface area contributed by atoms with E-state index in [1.165, 1.54) is 0 Å². The highest BCUT2D eigenvalue weighted by Crippen LogP contribution is 2.70. The molecule has 2 aliphatic carbocycles. The maximum Gasteiger partial charge on any atom is 0.387 e. The van der Waals surface area contributed by atoms with Crippen LogP contribution in [0.5, 0.6) is 0 Å². The summed E-state index contributed by atoms with van der Waals surface area (Å²) in [6.07, 6.45) is 3.48. The molecule has 3 atom stereocenters. The van der Waals surface area contributed by atoms with E-state index < -0.39 is 15.4 Å². The third kappa shape index (κ3) is 4.04. The van der Waals surface area contributed by atoms with Gasteiger partial charge in [0.05, 0.1) is 6.10 Å². The predicted octanol–water partition coefficient (Wildman–Crippen LogP) is 8.93. The van der Waals surface area contributed by atoms with Gasteiger partial charge >= 0.3 is 8.24 Å². The van der Waals surface area contributed by atoms with Gasteiger partial charge in [0.25, 0.3) is 0 Å². The van der Waals surface area contributed by atoms with E-state index >= 15 is 4.57 Å². The van der Waals surface area contributed by atoms with E-state index in [4.69, 9.17) is 12.9 Å². The Hall–Kier alpha value is -3.03. The number of hydrogen-bond donors (Lipinski definition) is 0. The average molecular weight is 569 g/mol. The van der Waals surface area contributed by atoms with Crippen LogP contribution in [-0.2, 0) is 4.57 Å². The lowest BCUT2D eigenvalue weighted by Crippen LogP contribution is -2.46. The number of para-hydroxylation sites is 2. The number of hydrogen-bond acceptors (Lipinski definition) is 4. The molecule has 0 aliphatic heterocycles. The maximum absolute atomic E-state index is 15.4.